The minimum atomic E-state index is -0.887. The number of carbonyl (C=O) groups excluding carboxylic acids is 1. The zero-order valence-corrected chi connectivity index (χ0v) is 15.7. The number of H-pyrrole nitrogens is 2. The number of amides is 1. The highest BCUT2D eigenvalue weighted by molar-refractivity contribution is 14.2. The van der Waals surface area contributed by atoms with Gasteiger partial charge in [-0.2, -0.15) is 0 Å². The number of amidine groups is 1. The average Bonchev–Trinajstić information content (AvgIpc) is 3.24. The zero-order valence-electron chi connectivity index (χ0n) is 12.7. The van der Waals surface area contributed by atoms with Crippen LogP contribution in [0.5, 0.6) is 0 Å². The van der Waals surface area contributed by atoms with E-state index in [0.29, 0.717) is 21.8 Å². The molecule has 2 aromatic rings. The molecule has 0 fully saturated rings. The van der Waals surface area contributed by atoms with Crippen LogP contribution in [0, 0.1) is 16.0 Å². The third-order valence-corrected chi connectivity index (χ3v) is 7.23. The number of fused-ring (bicyclic) bond motifs is 3. The number of nitro benzene ring substituents is 1. The second-order valence-corrected chi connectivity index (χ2v) is 9.28. The monoisotopic (exact) mass is 488 g/mol. The first-order chi connectivity index (χ1) is 12.4. The van der Waals surface area contributed by atoms with E-state index in [1.807, 2.05) is 0 Å². The van der Waals surface area contributed by atoms with Crippen molar-refractivity contribution in [1.29, 1.82) is 0 Å². The quantitative estimate of drug-likeness (QED) is 0.248. The number of nitrogens with zero attached hydrogens (tertiary/aromatic N) is 3. The molecule has 2 aliphatic rings. The van der Waals surface area contributed by atoms with Crippen LogP contribution < -0.4 is 16.4 Å². The third kappa shape index (κ3) is 2.86. The summed E-state index contributed by atoms with van der Waals surface area (Å²) in [7, 11) is 1.39. The van der Waals surface area contributed by atoms with Crippen LogP contribution in [0.3, 0.4) is 0 Å². The Hall–Kier alpha value is -2.42. The largest absolute Gasteiger partial charge is 0.316 e. The van der Waals surface area contributed by atoms with Crippen LogP contribution in [0.1, 0.15) is 11.1 Å². The Labute approximate surface area is 156 Å². The van der Waals surface area contributed by atoms with E-state index in [1.165, 1.54) is 15.0 Å². The maximum Gasteiger partial charge on any atom is 0.314 e. The maximum absolute atomic E-state index is 12.5. The van der Waals surface area contributed by atoms with E-state index in [-0.39, 0.29) is 30.0 Å². The Bertz CT molecular complexity index is 1150. The van der Waals surface area contributed by atoms with Gasteiger partial charge >= 0.3 is 11.1 Å². The van der Waals surface area contributed by atoms with Gasteiger partial charge in [-0.15, -0.1) is 8.36 Å². The Morgan fingerprint density at radius 1 is 1.31 bits per heavy atom. The number of rotatable bonds is 2. The number of carbonyl (C=O) groups is 1. The molecular weight excluding hydrogens is 479 g/mol. The number of halogens is 1. The molecule has 1 aliphatic carbocycles. The van der Waals surface area contributed by atoms with Gasteiger partial charge in [0.15, 0.2) is 0 Å². The van der Waals surface area contributed by atoms with E-state index in [1.54, 1.807) is 0 Å². The van der Waals surface area contributed by atoms with Crippen molar-refractivity contribution in [1.82, 2.24) is 15.3 Å². The summed E-state index contributed by atoms with van der Waals surface area (Å²) in [4.78, 5) is 51.3. The van der Waals surface area contributed by atoms with Gasteiger partial charge in [-0.25, -0.2) is 0 Å². The highest BCUT2D eigenvalue weighted by Crippen LogP contribution is 2.38. The van der Waals surface area contributed by atoms with E-state index in [0.717, 1.165) is 0 Å². The molecule has 2 heterocycles. The van der Waals surface area contributed by atoms with Gasteiger partial charge in [-0.3, -0.25) is 24.5 Å². The average molecular weight is 488 g/mol. The van der Waals surface area contributed by atoms with E-state index < -0.39 is 41.6 Å². The van der Waals surface area contributed by atoms with Crippen molar-refractivity contribution >= 4 is 56.4 Å². The van der Waals surface area contributed by atoms with E-state index in [9.17, 15) is 24.5 Å². The molecule has 0 saturated carbocycles. The van der Waals surface area contributed by atoms with Gasteiger partial charge in [0.1, 0.15) is 19.6 Å². The molecule has 3 N–H and O–H groups in total. The first-order valence-corrected chi connectivity index (χ1v) is 11.6. The number of benzene rings is 1. The second-order valence-electron chi connectivity index (χ2n) is 5.66. The summed E-state index contributed by atoms with van der Waals surface area (Å²) in [5.41, 5.74) is -0.534. The summed E-state index contributed by atoms with van der Waals surface area (Å²) >= 11 is -0.475. The molecule has 0 spiro atoms. The molecule has 26 heavy (non-hydrogen) atoms. The predicted octanol–water partition coefficient (Wildman–Crippen LogP) is 1.04. The summed E-state index contributed by atoms with van der Waals surface area (Å²) in [6.07, 6.45) is 0.379. The maximum atomic E-state index is 12.5. The SMILES string of the molecule is O=C(NC1=NN=IS1)C1Cc2c([N+](=O)[O-])cc3[nH]c(=O)c(=O)[nH]c3c2C1. The summed E-state index contributed by atoms with van der Waals surface area (Å²) in [5.74, 6) is -0.838. The number of hydrogen-bond acceptors (Lipinski definition) is 8. The molecule has 1 aromatic heterocycles. The zero-order chi connectivity index (χ0) is 18.4. The van der Waals surface area contributed by atoms with Crippen molar-refractivity contribution < 1.29 is 9.72 Å². The second kappa shape index (κ2) is 6.39. The number of nitro groups is 1. The normalized spacial score (nSPS) is 18.3. The Morgan fingerprint density at radius 3 is 2.73 bits per heavy atom. The lowest BCUT2D eigenvalue weighted by atomic mass is 10.1. The fraction of sp³-hybridized carbons (Fsp3) is 0.231. The molecule has 11 nitrogen and oxygen atoms in total. The lowest BCUT2D eigenvalue weighted by molar-refractivity contribution is -0.385. The third-order valence-electron chi connectivity index (χ3n) is 4.18. The number of nitrogens with one attached hydrogen (secondary N) is 3. The van der Waals surface area contributed by atoms with Crippen LogP contribution >= 0.6 is 28.6 Å². The number of aromatic amines is 2. The van der Waals surface area contributed by atoms with Crippen molar-refractivity contribution in [2.45, 2.75) is 12.8 Å². The Morgan fingerprint density at radius 2 is 2.04 bits per heavy atom. The van der Waals surface area contributed by atoms with Crippen molar-refractivity contribution in [2.24, 2.45) is 14.3 Å². The van der Waals surface area contributed by atoms with Gasteiger partial charge in [0.25, 0.3) is 5.69 Å². The van der Waals surface area contributed by atoms with Crippen LogP contribution in [0.15, 0.2) is 24.0 Å². The standard InChI is InChI=1S/C13H9IN6O5S/c21-10(17-13-18-19-14-26-13)4-1-5-6(2-4)9-7(3-8(5)20(24)25)15-11(22)12(23)16-9/h3-4H,1-2H2,(H,15,22)(H,16,23)(H,17,18,21). The molecule has 1 aliphatic heterocycles. The molecule has 0 bridgehead atoms. The lowest BCUT2D eigenvalue weighted by Gasteiger charge is -2.08. The summed E-state index contributed by atoms with van der Waals surface area (Å²) < 4.78 is 3.86. The van der Waals surface area contributed by atoms with Crippen LogP contribution in [0.4, 0.5) is 5.69 Å². The highest BCUT2D eigenvalue weighted by atomic mass is 127. The van der Waals surface area contributed by atoms with Crippen LogP contribution in [-0.2, 0) is 17.6 Å². The molecular formula is C13H9IN6O5S. The van der Waals surface area contributed by atoms with Crippen LogP contribution in [0.2, 0.25) is 0 Å². The number of hydrogen-bond donors (Lipinski definition) is 3. The van der Waals surface area contributed by atoms with Gasteiger partial charge in [-0.1, -0.05) is 0 Å². The molecule has 4 rings (SSSR count). The molecule has 1 atom stereocenters. The molecule has 1 aromatic carbocycles. The fourth-order valence-corrected chi connectivity index (χ4v) is 5.47. The highest BCUT2D eigenvalue weighted by Gasteiger charge is 2.35. The molecule has 1 unspecified atom stereocenters. The first-order valence-electron chi connectivity index (χ1n) is 7.29. The van der Waals surface area contributed by atoms with E-state index in [4.69, 9.17) is 0 Å². The Balaban J connectivity index is 1.77. The van der Waals surface area contributed by atoms with E-state index in [2.05, 4.69) is 23.6 Å². The first kappa shape index (κ1) is 17.0. The predicted molar refractivity (Wildman–Crippen MR) is 102 cm³/mol. The number of aromatic nitrogens is 2. The fourth-order valence-electron chi connectivity index (χ4n) is 3.09. The topological polar surface area (TPSA) is 163 Å². The van der Waals surface area contributed by atoms with Crippen molar-refractivity contribution in [3.05, 3.63) is 48.0 Å². The van der Waals surface area contributed by atoms with Gasteiger partial charge < -0.3 is 15.3 Å². The van der Waals surface area contributed by atoms with Gasteiger partial charge in [0, 0.05) is 26.5 Å². The van der Waals surface area contributed by atoms with Crippen LogP contribution in [0.25, 0.3) is 11.0 Å². The smallest absolute Gasteiger partial charge is 0.314 e. The van der Waals surface area contributed by atoms with Gasteiger partial charge in [0.2, 0.25) is 11.1 Å². The summed E-state index contributed by atoms with van der Waals surface area (Å²) in [6, 6.07) is 1.21. The van der Waals surface area contributed by atoms with Crippen molar-refractivity contribution in [2.75, 3.05) is 0 Å². The Kier molecular flexibility index (Phi) is 4.18. The lowest BCUT2D eigenvalue weighted by Crippen LogP contribution is -2.33. The van der Waals surface area contributed by atoms with Crippen molar-refractivity contribution in [3.63, 3.8) is 0 Å². The van der Waals surface area contributed by atoms with E-state index >= 15 is 0 Å². The molecule has 1 amide bonds. The molecule has 0 saturated heterocycles. The molecule has 0 radical (unpaired) electrons. The summed E-state index contributed by atoms with van der Waals surface area (Å²) in [5, 5.41) is 18.4. The van der Waals surface area contributed by atoms with Crippen LogP contribution in [-0.4, -0.2) is 26.0 Å². The van der Waals surface area contributed by atoms with Crippen molar-refractivity contribution in [3.8, 4) is 0 Å². The van der Waals surface area contributed by atoms with Gasteiger partial charge in [-0.05, 0) is 18.4 Å². The minimum Gasteiger partial charge on any atom is -0.316 e. The van der Waals surface area contributed by atoms with Gasteiger partial charge in [0.05, 0.1) is 16.0 Å². The molecule has 134 valence electrons. The summed E-state index contributed by atoms with van der Waals surface area (Å²) in [6.45, 7) is 0. The molecule has 13 heteroatoms. The minimum absolute atomic E-state index is 0.165.